The molecule has 0 saturated carbocycles. The highest BCUT2D eigenvalue weighted by atomic mass is 16.1. The third kappa shape index (κ3) is 2.46. The minimum absolute atomic E-state index is 0.112. The molecule has 0 aromatic carbocycles. The van der Waals surface area contributed by atoms with Crippen molar-refractivity contribution in [3.05, 3.63) is 0 Å². The van der Waals surface area contributed by atoms with Gasteiger partial charge in [0.05, 0.1) is 18.4 Å². The van der Waals surface area contributed by atoms with Gasteiger partial charge in [-0.3, -0.25) is 9.69 Å². The Morgan fingerprint density at radius 1 is 1.79 bits per heavy atom. The molecule has 1 saturated heterocycles. The lowest BCUT2D eigenvalue weighted by Crippen LogP contribution is -2.34. The van der Waals surface area contributed by atoms with Crippen LogP contribution in [0.3, 0.4) is 0 Å². The maximum absolute atomic E-state index is 11.3. The van der Waals surface area contributed by atoms with Crippen LogP contribution in [0, 0.1) is 17.2 Å². The average Bonchev–Trinajstić information content (AvgIpc) is 2.66. The van der Waals surface area contributed by atoms with E-state index in [2.05, 4.69) is 16.3 Å². The Kier molecular flexibility index (Phi) is 3.90. The van der Waals surface area contributed by atoms with E-state index in [1.54, 1.807) is 7.05 Å². The Hall–Kier alpha value is -1.08. The first-order chi connectivity index (χ1) is 6.69. The summed E-state index contributed by atoms with van der Waals surface area (Å²) < 4.78 is 0. The van der Waals surface area contributed by atoms with Crippen molar-refractivity contribution < 1.29 is 4.79 Å². The molecule has 1 aliphatic rings. The van der Waals surface area contributed by atoms with Gasteiger partial charge in [-0.1, -0.05) is 0 Å². The Morgan fingerprint density at radius 3 is 3.07 bits per heavy atom. The van der Waals surface area contributed by atoms with Crippen LogP contribution in [-0.2, 0) is 4.79 Å². The van der Waals surface area contributed by atoms with Crippen LogP contribution in [0.4, 0.5) is 0 Å². The van der Waals surface area contributed by atoms with Gasteiger partial charge in [-0.25, -0.2) is 0 Å². The number of nitriles is 1. The van der Waals surface area contributed by atoms with Crippen LogP contribution >= 0.6 is 0 Å². The summed E-state index contributed by atoms with van der Waals surface area (Å²) in [6.07, 6.45) is 1.45. The number of hydrogen-bond donors (Lipinski definition) is 1. The van der Waals surface area contributed by atoms with Crippen molar-refractivity contribution >= 4 is 5.91 Å². The zero-order valence-electron chi connectivity index (χ0n) is 8.79. The van der Waals surface area contributed by atoms with Crippen molar-refractivity contribution in [3.63, 3.8) is 0 Å². The summed E-state index contributed by atoms with van der Waals surface area (Å²) in [7, 11) is 1.67. The molecule has 2 unspecified atom stereocenters. The summed E-state index contributed by atoms with van der Waals surface area (Å²) >= 11 is 0. The molecule has 0 aromatic rings. The van der Waals surface area contributed by atoms with E-state index in [0.717, 1.165) is 19.5 Å². The van der Waals surface area contributed by atoms with Gasteiger partial charge in [0, 0.05) is 19.6 Å². The number of nitrogens with zero attached hydrogens (tertiary/aromatic N) is 2. The van der Waals surface area contributed by atoms with E-state index in [9.17, 15) is 4.79 Å². The second kappa shape index (κ2) is 4.97. The number of rotatable bonds is 3. The molecule has 1 rings (SSSR count). The van der Waals surface area contributed by atoms with Crippen molar-refractivity contribution in [1.29, 1.82) is 5.26 Å². The summed E-state index contributed by atoms with van der Waals surface area (Å²) in [6, 6.07) is 2.43. The predicted molar refractivity (Wildman–Crippen MR) is 53.4 cm³/mol. The first-order valence-electron chi connectivity index (χ1n) is 5.01. The van der Waals surface area contributed by atoms with Crippen molar-refractivity contribution in [2.24, 2.45) is 5.92 Å². The third-order valence-corrected chi connectivity index (χ3v) is 2.85. The van der Waals surface area contributed by atoms with E-state index >= 15 is 0 Å². The third-order valence-electron chi connectivity index (χ3n) is 2.85. The largest absolute Gasteiger partial charge is 0.359 e. The Labute approximate surface area is 84.9 Å². The second-order valence-corrected chi connectivity index (χ2v) is 3.81. The first kappa shape index (κ1) is 11.0. The van der Waals surface area contributed by atoms with Gasteiger partial charge < -0.3 is 5.32 Å². The summed E-state index contributed by atoms with van der Waals surface area (Å²) in [6.45, 7) is 3.76. The minimum atomic E-state index is 0.112. The molecule has 1 heterocycles. The number of likely N-dealkylation sites (tertiary alicyclic amines) is 1. The molecule has 1 fully saturated rings. The standard InChI is InChI=1S/C10H17N3O/c1-8(3-5-11)13-6-4-9(7-13)10(14)12-2/h8-9H,3-4,6-7H2,1-2H3,(H,12,14). The minimum Gasteiger partial charge on any atom is -0.359 e. The molecule has 1 N–H and O–H groups in total. The monoisotopic (exact) mass is 195 g/mol. The zero-order valence-corrected chi connectivity index (χ0v) is 8.79. The summed E-state index contributed by atoms with van der Waals surface area (Å²) in [5.74, 6) is 0.234. The van der Waals surface area contributed by atoms with Gasteiger partial charge in [0.1, 0.15) is 0 Å². The molecule has 0 radical (unpaired) electrons. The van der Waals surface area contributed by atoms with Gasteiger partial charge in [-0.05, 0) is 19.9 Å². The number of carbonyl (C=O) groups is 1. The number of nitrogens with one attached hydrogen (secondary N) is 1. The van der Waals surface area contributed by atoms with Crippen LogP contribution < -0.4 is 5.32 Å². The molecule has 0 aromatic heterocycles. The van der Waals surface area contributed by atoms with Crippen molar-refractivity contribution in [1.82, 2.24) is 10.2 Å². The van der Waals surface area contributed by atoms with Crippen molar-refractivity contribution in [3.8, 4) is 6.07 Å². The summed E-state index contributed by atoms with van der Waals surface area (Å²) in [4.78, 5) is 13.5. The number of carbonyl (C=O) groups excluding carboxylic acids is 1. The van der Waals surface area contributed by atoms with Gasteiger partial charge in [-0.2, -0.15) is 5.26 Å². The Bertz CT molecular complexity index is 246. The molecule has 4 nitrogen and oxygen atoms in total. The zero-order chi connectivity index (χ0) is 10.6. The van der Waals surface area contributed by atoms with Crippen molar-refractivity contribution in [2.45, 2.75) is 25.8 Å². The molecule has 1 aliphatic heterocycles. The molecule has 4 heteroatoms. The van der Waals surface area contributed by atoms with Crippen LogP contribution in [0.1, 0.15) is 19.8 Å². The van der Waals surface area contributed by atoms with Crippen LogP contribution in [0.15, 0.2) is 0 Å². The highest BCUT2D eigenvalue weighted by Crippen LogP contribution is 2.19. The van der Waals surface area contributed by atoms with E-state index < -0.39 is 0 Å². The van der Waals surface area contributed by atoms with Gasteiger partial charge in [-0.15, -0.1) is 0 Å². The fourth-order valence-electron chi connectivity index (χ4n) is 1.87. The first-order valence-corrected chi connectivity index (χ1v) is 5.01. The molecular formula is C10H17N3O. The van der Waals surface area contributed by atoms with E-state index in [1.807, 2.05) is 6.92 Å². The SMILES string of the molecule is CNC(=O)C1CCN(C(C)CC#N)C1. The summed E-state index contributed by atoms with van der Waals surface area (Å²) in [5.41, 5.74) is 0. The fraction of sp³-hybridized carbons (Fsp3) is 0.800. The fourth-order valence-corrected chi connectivity index (χ4v) is 1.87. The molecule has 78 valence electrons. The van der Waals surface area contributed by atoms with Crippen LogP contribution in [0.25, 0.3) is 0 Å². The van der Waals surface area contributed by atoms with Crippen LogP contribution in [0.5, 0.6) is 0 Å². The number of hydrogen-bond acceptors (Lipinski definition) is 3. The Morgan fingerprint density at radius 2 is 2.50 bits per heavy atom. The lowest BCUT2D eigenvalue weighted by molar-refractivity contribution is -0.124. The maximum Gasteiger partial charge on any atom is 0.224 e. The topological polar surface area (TPSA) is 56.1 Å². The quantitative estimate of drug-likeness (QED) is 0.707. The van der Waals surface area contributed by atoms with Crippen LogP contribution in [0.2, 0.25) is 0 Å². The predicted octanol–water partition coefficient (Wildman–Crippen LogP) is 0.356. The highest BCUT2D eigenvalue weighted by molar-refractivity contribution is 5.78. The normalized spacial score (nSPS) is 24.2. The number of amides is 1. The molecule has 0 aliphatic carbocycles. The molecule has 0 bridgehead atoms. The van der Waals surface area contributed by atoms with Gasteiger partial charge in [0.15, 0.2) is 0 Å². The van der Waals surface area contributed by atoms with E-state index in [4.69, 9.17) is 5.26 Å². The maximum atomic E-state index is 11.3. The second-order valence-electron chi connectivity index (χ2n) is 3.81. The van der Waals surface area contributed by atoms with Crippen LogP contribution in [-0.4, -0.2) is 37.0 Å². The molecular weight excluding hydrogens is 178 g/mol. The van der Waals surface area contributed by atoms with Gasteiger partial charge >= 0.3 is 0 Å². The van der Waals surface area contributed by atoms with E-state index in [1.165, 1.54) is 0 Å². The van der Waals surface area contributed by atoms with Gasteiger partial charge in [0.2, 0.25) is 5.91 Å². The average molecular weight is 195 g/mol. The van der Waals surface area contributed by atoms with E-state index in [0.29, 0.717) is 6.42 Å². The smallest absolute Gasteiger partial charge is 0.224 e. The molecule has 0 spiro atoms. The molecule has 2 atom stereocenters. The lowest BCUT2D eigenvalue weighted by Gasteiger charge is -2.21. The molecule has 1 amide bonds. The highest BCUT2D eigenvalue weighted by Gasteiger charge is 2.29. The molecule has 14 heavy (non-hydrogen) atoms. The van der Waals surface area contributed by atoms with Gasteiger partial charge in [0.25, 0.3) is 0 Å². The summed E-state index contributed by atoms with van der Waals surface area (Å²) in [5, 5.41) is 11.2. The lowest BCUT2D eigenvalue weighted by atomic mass is 10.1. The Balaban J connectivity index is 2.41. The van der Waals surface area contributed by atoms with Crippen molar-refractivity contribution in [2.75, 3.05) is 20.1 Å². The van der Waals surface area contributed by atoms with E-state index in [-0.39, 0.29) is 17.9 Å².